The highest BCUT2D eigenvalue weighted by Gasteiger charge is 2.32. The third-order valence-corrected chi connectivity index (χ3v) is 17.2. The lowest BCUT2D eigenvalue weighted by atomic mass is 9.85. The molecule has 342 valence electrons. The first-order valence-electron chi connectivity index (χ1n) is 24.7. The minimum Gasteiger partial charge on any atom is -0.307 e. The van der Waals surface area contributed by atoms with Crippen LogP contribution in [-0.2, 0) is 0 Å². The van der Waals surface area contributed by atoms with Crippen molar-refractivity contribution >= 4 is 107 Å². The Bertz CT molecular complexity index is 4690. The van der Waals surface area contributed by atoms with E-state index in [1.807, 2.05) is 30.3 Å². The number of fused-ring (bicyclic) bond motifs is 12. The maximum Gasteiger partial charge on any atom is 0.102 e. The molecule has 4 heterocycles. The monoisotopic (exact) mass is 974 g/mol. The molecule has 0 amide bonds. The summed E-state index contributed by atoms with van der Waals surface area (Å²) in [6.07, 6.45) is 0. The van der Waals surface area contributed by atoms with E-state index < -0.39 is 0 Å². The Labute approximate surface area is 433 Å². The second-order valence-electron chi connectivity index (χ2n) is 18.9. The molecule has 4 nitrogen and oxygen atoms in total. The fourth-order valence-electron chi connectivity index (χ4n) is 11.8. The summed E-state index contributed by atoms with van der Waals surface area (Å²) in [5.41, 5.74) is 13.4. The SMILES string of the molecule is N#Cc1c(-c2cccc(-c3ccccc3)c2)c(C#N)c(-n2c3ccccc3c3cc4c(cc32)sc2ccccc24)c(-c2cccc(-c3ccccc3)c2)c1-n1c2ccccc2c2cc3c(cc21)sc1ccccc13. The molecule has 4 aromatic heterocycles. The van der Waals surface area contributed by atoms with Gasteiger partial charge in [-0.1, -0.05) is 170 Å². The van der Waals surface area contributed by atoms with E-state index in [4.69, 9.17) is 0 Å². The van der Waals surface area contributed by atoms with E-state index in [1.54, 1.807) is 22.7 Å². The number of hydrogen-bond donors (Lipinski definition) is 0. The van der Waals surface area contributed by atoms with Gasteiger partial charge in [0.25, 0.3) is 0 Å². The predicted octanol–water partition coefficient (Wildman–Crippen LogP) is 19.0. The lowest BCUT2D eigenvalue weighted by molar-refractivity contribution is 1.12. The number of nitrogens with zero attached hydrogens (tertiary/aromatic N) is 4. The highest BCUT2D eigenvalue weighted by atomic mass is 32.1. The molecule has 0 aliphatic rings. The number of para-hydroxylation sites is 2. The van der Waals surface area contributed by atoms with Gasteiger partial charge in [-0.2, -0.15) is 10.5 Å². The van der Waals surface area contributed by atoms with Crippen LogP contribution in [0.15, 0.2) is 231 Å². The number of hydrogen-bond acceptors (Lipinski definition) is 4. The van der Waals surface area contributed by atoms with Crippen LogP contribution in [0.2, 0.25) is 0 Å². The summed E-state index contributed by atoms with van der Waals surface area (Å²) in [5.74, 6) is 0. The van der Waals surface area contributed by atoms with Crippen LogP contribution in [0.3, 0.4) is 0 Å². The fraction of sp³-hybridized carbons (Fsp3) is 0. The zero-order valence-electron chi connectivity index (χ0n) is 39.5. The number of benzene rings is 11. The van der Waals surface area contributed by atoms with Gasteiger partial charge in [-0.15, -0.1) is 22.7 Å². The first-order valence-corrected chi connectivity index (χ1v) is 26.3. The van der Waals surface area contributed by atoms with Gasteiger partial charge in [0, 0.05) is 73.0 Å². The van der Waals surface area contributed by atoms with E-state index in [2.05, 4.69) is 221 Å². The second-order valence-corrected chi connectivity index (χ2v) is 21.1. The third-order valence-electron chi connectivity index (χ3n) is 15.0. The molecule has 15 rings (SSSR count). The third kappa shape index (κ3) is 6.23. The number of thiophene rings is 2. The summed E-state index contributed by atoms with van der Waals surface area (Å²) in [6.45, 7) is 0. The first-order chi connectivity index (χ1) is 36.6. The van der Waals surface area contributed by atoms with E-state index in [9.17, 15) is 10.5 Å². The maximum atomic E-state index is 12.3. The van der Waals surface area contributed by atoms with Crippen LogP contribution in [-0.4, -0.2) is 9.13 Å². The number of rotatable bonds is 6. The van der Waals surface area contributed by atoms with Crippen LogP contribution in [0.1, 0.15) is 11.1 Å². The molecular formula is C68H38N4S2. The molecule has 15 aromatic rings. The zero-order valence-corrected chi connectivity index (χ0v) is 41.2. The van der Waals surface area contributed by atoms with Crippen molar-refractivity contribution in [3.8, 4) is 68.0 Å². The lowest BCUT2D eigenvalue weighted by Gasteiger charge is -2.26. The van der Waals surface area contributed by atoms with E-state index >= 15 is 0 Å². The molecule has 74 heavy (non-hydrogen) atoms. The number of nitriles is 2. The molecule has 11 aromatic carbocycles. The van der Waals surface area contributed by atoms with Crippen LogP contribution in [0.25, 0.3) is 140 Å². The summed E-state index contributed by atoms with van der Waals surface area (Å²) in [6, 6.07) is 87.3. The van der Waals surface area contributed by atoms with Crippen molar-refractivity contribution in [1.82, 2.24) is 9.13 Å². The van der Waals surface area contributed by atoms with Crippen LogP contribution in [0.5, 0.6) is 0 Å². The van der Waals surface area contributed by atoms with E-state index in [1.165, 1.54) is 30.9 Å². The largest absolute Gasteiger partial charge is 0.307 e. The molecule has 0 radical (unpaired) electrons. The highest BCUT2D eigenvalue weighted by molar-refractivity contribution is 7.26. The van der Waals surface area contributed by atoms with E-state index in [-0.39, 0.29) is 0 Å². The Balaban J connectivity index is 1.19. The Morgan fingerprint density at radius 3 is 1.11 bits per heavy atom. The molecular weight excluding hydrogens is 937 g/mol. The van der Waals surface area contributed by atoms with Gasteiger partial charge in [-0.3, -0.25) is 0 Å². The zero-order chi connectivity index (χ0) is 49.0. The Hall–Kier alpha value is -9.56. The molecule has 0 aliphatic carbocycles. The van der Waals surface area contributed by atoms with Crippen LogP contribution in [0, 0.1) is 22.7 Å². The predicted molar refractivity (Wildman–Crippen MR) is 312 cm³/mol. The van der Waals surface area contributed by atoms with Crippen molar-refractivity contribution in [2.24, 2.45) is 0 Å². The van der Waals surface area contributed by atoms with Crippen molar-refractivity contribution in [1.29, 1.82) is 10.5 Å². The minimum absolute atomic E-state index is 0.419. The summed E-state index contributed by atoms with van der Waals surface area (Å²) >= 11 is 3.58. The van der Waals surface area contributed by atoms with Gasteiger partial charge in [-0.25, -0.2) is 0 Å². The summed E-state index contributed by atoms with van der Waals surface area (Å²) in [4.78, 5) is 0. The Morgan fingerprint density at radius 2 is 0.649 bits per heavy atom. The fourth-order valence-corrected chi connectivity index (χ4v) is 14.0. The Kier molecular flexibility index (Phi) is 9.40. The van der Waals surface area contributed by atoms with Gasteiger partial charge >= 0.3 is 0 Å². The number of aromatic nitrogens is 2. The molecule has 0 aliphatic heterocycles. The van der Waals surface area contributed by atoms with Gasteiger partial charge in [0.05, 0.1) is 44.6 Å². The van der Waals surface area contributed by atoms with Gasteiger partial charge < -0.3 is 9.13 Å². The van der Waals surface area contributed by atoms with Crippen molar-refractivity contribution in [3.63, 3.8) is 0 Å². The molecule has 0 unspecified atom stereocenters. The summed E-state index contributed by atoms with van der Waals surface area (Å²) < 4.78 is 9.45. The molecule has 0 saturated carbocycles. The van der Waals surface area contributed by atoms with Gasteiger partial charge in [0.1, 0.15) is 12.1 Å². The average Bonchev–Trinajstić information content (AvgIpc) is 4.26. The summed E-state index contributed by atoms with van der Waals surface area (Å²) in [7, 11) is 0. The van der Waals surface area contributed by atoms with Crippen LogP contribution in [0.4, 0.5) is 0 Å². The topological polar surface area (TPSA) is 57.4 Å². The lowest BCUT2D eigenvalue weighted by Crippen LogP contribution is -2.11. The molecule has 0 fully saturated rings. The summed E-state index contributed by atoms with van der Waals surface area (Å²) in [5, 5.41) is 33.7. The van der Waals surface area contributed by atoms with Gasteiger partial charge in [0.2, 0.25) is 0 Å². The van der Waals surface area contributed by atoms with Crippen LogP contribution >= 0.6 is 22.7 Å². The second kappa shape index (κ2) is 16.5. The molecule has 0 spiro atoms. The van der Waals surface area contributed by atoms with Crippen molar-refractivity contribution in [2.45, 2.75) is 0 Å². The molecule has 0 bridgehead atoms. The van der Waals surface area contributed by atoms with E-state index in [0.29, 0.717) is 28.1 Å². The first kappa shape index (κ1) is 42.2. The van der Waals surface area contributed by atoms with Crippen molar-refractivity contribution < 1.29 is 0 Å². The molecule has 0 saturated heterocycles. The van der Waals surface area contributed by atoms with Crippen molar-refractivity contribution in [2.75, 3.05) is 0 Å². The minimum atomic E-state index is 0.419. The molecule has 0 N–H and O–H groups in total. The Morgan fingerprint density at radius 1 is 0.270 bits per heavy atom. The maximum absolute atomic E-state index is 12.3. The van der Waals surface area contributed by atoms with Gasteiger partial charge in [-0.05, 0) is 94.0 Å². The van der Waals surface area contributed by atoms with Crippen LogP contribution < -0.4 is 0 Å². The van der Waals surface area contributed by atoms with E-state index in [0.717, 1.165) is 92.0 Å². The van der Waals surface area contributed by atoms with Crippen molar-refractivity contribution in [3.05, 3.63) is 242 Å². The normalized spacial score (nSPS) is 11.8. The average molecular weight is 975 g/mol. The molecule has 6 heteroatoms. The quantitative estimate of drug-likeness (QED) is 0.167. The standard InChI is InChI=1S/C68H38N4S2/c69-39-55-65(45-23-15-21-43(33-45)41-17-3-1-4-18-41)56(40-70)68(72-58-30-12-8-26-48(58)52-36-54-50-28-10-14-32-62(50)74-64(54)38-60(52)72)66(46-24-16-22-44(34-46)42-19-5-2-6-20-42)67(55)71-57-29-11-7-25-47(57)51-35-53-49-27-9-13-31-61(49)73-63(53)37-59(51)71/h1-38H. The highest BCUT2D eigenvalue weighted by Crippen LogP contribution is 2.51. The smallest absolute Gasteiger partial charge is 0.102 e. The molecule has 0 atom stereocenters. The van der Waals surface area contributed by atoms with Gasteiger partial charge in [0.15, 0.2) is 0 Å².